The van der Waals surface area contributed by atoms with Gasteiger partial charge in [-0.2, -0.15) is 0 Å². The van der Waals surface area contributed by atoms with Crippen LogP contribution in [-0.4, -0.2) is 19.8 Å². The van der Waals surface area contributed by atoms with Crippen LogP contribution in [0.1, 0.15) is 5.56 Å². The fourth-order valence-corrected chi connectivity index (χ4v) is 1.34. The maximum Gasteiger partial charge on any atom is 0.162 e. The zero-order chi connectivity index (χ0) is 11.3. The Bertz CT molecular complexity index is 320. The van der Waals surface area contributed by atoms with E-state index in [1.165, 1.54) is 19.2 Å². The maximum absolute atomic E-state index is 13.3. The number of halogens is 2. The third-order valence-corrected chi connectivity index (χ3v) is 2.10. The van der Waals surface area contributed by atoms with Crippen LogP contribution in [0, 0.1) is 11.6 Å². The minimum absolute atomic E-state index is 0.230. The number of hydrogen-bond donors (Lipinski definition) is 2. The van der Waals surface area contributed by atoms with Crippen LogP contribution < -0.4 is 11.3 Å². The minimum Gasteiger partial charge on any atom is -0.383 e. The van der Waals surface area contributed by atoms with E-state index in [0.717, 1.165) is 6.07 Å². The summed E-state index contributed by atoms with van der Waals surface area (Å²) in [5.74, 6) is 3.58. The summed E-state index contributed by atoms with van der Waals surface area (Å²) in [6.07, 6.45) is 0.286. The Balaban J connectivity index is 2.74. The standard InChI is InChI=1S/C10H14F2N2O/c1-15-6-8(14-13)5-7-3-2-4-9(11)10(7)12/h2-4,8,14H,5-6,13H2,1H3. The molecule has 1 unspecified atom stereocenters. The van der Waals surface area contributed by atoms with Crippen molar-refractivity contribution < 1.29 is 13.5 Å². The molecule has 0 aliphatic heterocycles. The second kappa shape index (κ2) is 5.75. The van der Waals surface area contributed by atoms with Crippen LogP contribution in [0.4, 0.5) is 8.78 Å². The average molecular weight is 216 g/mol. The summed E-state index contributed by atoms with van der Waals surface area (Å²) in [6, 6.07) is 3.85. The summed E-state index contributed by atoms with van der Waals surface area (Å²) in [7, 11) is 1.52. The molecule has 0 aliphatic carbocycles. The van der Waals surface area contributed by atoms with E-state index in [1.807, 2.05) is 0 Å². The van der Waals surface area contributed by atoms with Gasteiger partial charge in [0.05, 0.1) is 6.61 Å². The van der Waals surface area contributed by atoms with Gasteiger partial charge in [-0.05, 0) is 18.1 Å². The molecular formula is C10H14F2N2O. The van der Waals surface area contributed by atoms with E-state index >= 15 is 0 Å². The molecule has 84 valence electrons. The van der Waals surface area contributed by atoms with Gasteiger partial charge in [-0.25, -0.2) is 8.78 Å². The molecule has 5 heteroatoms. The zero-order valence-corrected chi connectivity index (χ0v) is 8.47. The van der Waals surface area contributed by atoms with Crippen LogP contribution >= 0.6 is 0 Å². The van der Waals surface area contributed by atoms with Gasteiger partial charge in [-0.15, -0.1) is 0 Å². The van der Waals surface area contributed by atoms with E-state index in [1.54, 1.807) is 0 Å². The molecular weight excluding hydrogens is 202 g/mol. The molecule has 0 amide bonds. The van der Waals surface area contributed by atoms with Gasteiger partial charge >= 0.3 is 0 Å². The molecule has 0 saturated heterocycles. The third kappa shape index (κ3) is 3.23. The van der Waals surface area contributed by atoms with Gasteiger partial charge < -0.3 is 4.74 Å². The fraction of sp³-hybridized carbons (Fsp3) is 0.400. The number of rotatable bonds is 5. The van der Waals surface area contributed by atoms with Crippen LogP contribution in [0.3, 0.4) is 0 Å². The number of ether oxygens (including phenoxy) is 1. The first-order valence-corrected chi connectivity index (χ1v) is 4.57. The Labute approximate surface area is 87.2 Å². The van der Waals surface area contributed by atoms with E-state index in [0.29, 0.717) is 6.61 Å². The van der Waals surface area contributed by atoms with Crippen LogP contribution in [0.2, 0.25) is 0 Å². The number of nitrogens with two attached hydrogens (primary N) is 1. The van der Waals surface area contributed by atoms with E-state index in [2.05, 4.69) is 5.43 Å². The lowest BCUT2D eigenvalue weighted by molar-refractivity contribution is 0.166. The molecule has 0 spiro atoms. The molecule has 15 heavy (non-hydrogen) atoms. The molecule has 3 nitrogen and oxygen atoms in total. The molecule has 1 aromatic carbocycles. The second-order valence-corrected chi connectivity index (χ2v) is 3.24. The van der Waals surface area contributed by atoms with E-state index in [4.69, 9.17) is 10.6 Å². The highest BCUT2D eigenvalue weighted by atomic mass is 19.2. The van der Waals surface area contributed by atoms with Gasteiger partial charge in [-0.3, -0.25) is 11.3 Å². The van der Waals surface area contributed by atoms with Crippen LogP contribution in [0.25, 0.3) is 0 Å². The van der Waals surface area contributed by atoms with Crippen molar-refractivity contribution in [1.29, 1.82) is 0 Å². The van der Waals surface area contributed by atoms with E-state index in [9.17, 15) is 8.78 Å². The van der Waals surface area contributed by atoms with Gasteiger partial charge in [0.1, 0.15) is 0 Å². The predicted molar refractivity (Wildman–Crippen MR) is 53.0 cm³/mol. The topological polar surface area (TPSA) is 47.3 Å². The monoisotopic (exact) mass is 216 g/mol. The number of methoxy groups -OCH3 is 1. The summed E-state index contributed by atoms with van der Waals surface area (Å²) >= 11 is 0. The summed E-state index contributed by atoms with van der Waals surface area (Å²) in [5, 5.41) is 0. The normalized spacial score (nSPS) is 12.8. The largest absolute Gasteiger partial charge is 0.383 e. The van der Waals surface area contributed by atoms with Crippen molar-refractivity contribution in [2.24, 2.45) is 5.84 Å². The lowest BCUT2D eigenvalue weighted by Crippen LogP contribution is -2.40. The number of benzene rings is 1. The number of hydrazine groups is 1. The molecule has 0 aliphatic rings. The molecule has 1 atom stereocenters. The maximum atomic E-state index is 13.3. The third-order valence-electron chi connectivity index (χ3n) is 2.10. The summed E-state index contributed by atoms with van der Waals surface area (Å²) in [6.45, 7) is 0.340. The summed E-state index contributed by atoms with van der Waals surface area (Å²) < 4.78 is 31.0. The minimum atomic E-state index is -0.847. The van der Waals surface area contributed by atoms with E-state index < -0.39 is 11.6 Å². The predicted octanol–water partition coefficient (Wildman–Crippen LogP) is 0.986. The fourth-order valence-electron chi connectivity index (χ4n) is 1.34. The number of hydrogen-bond acceptors (Lipinski definition) is 3. The Kier molecular flexibility index (Phi) is 4.61. The van der Waals surface area contributed by atoms with Crippen molar-refractivity contribution in [3.8, 4) is 0 Å². The van der Waals surface area contributed by atoms with Crippen molar-refractivity contribution in [3.05, 3.63) is 35.4 Å². The first-order valence-electron chi connectivity index (χ1n) is 4.57. The first kappa shape index (κ1) is 12.0. The van der Waals surface area contributed by atoms with Gasteiger partial charge in [-0.1, -0.05) is 12.1 Å². The molecule has 1 rings (SSSR count). The summed E-state index contributed by atoms with van der Waals surface area (Å²) in [4.78, 5) is 0. The Morgan fingerprint density at radius 1 is 1.47 bits per heavy atom. The highest BCUT2D eigenvalue weighted by molar-refractivity contribution is 5.19. The highest BCUT2D eigenvalue weighted by Crippen LogP contribution is 2.13. The van der Waals surface area contributed by atoms with Gasteiger partial charge in [0.2, 0.25) is 0 Å². The SMILES string of the molecule is COCC(Cc1cccc(F)c1F)NN. The van der Waals surface area contributed by atoms with Crippen molar-refractivity contribution >= 4 is 0 Å². The zero-order valence-electron chi connectivity index (χ0n) is 8.47. The van der Waals surface area contributed by atoms with Gasteiger partial charge in [0, 0.05) is 13.2 Å². The molecule has 0 aromatic heterocycles. The average Bonchev–Trinajstić information content (AvgIpc) is 2.24. The molecule has 0 fully saturated rings. The molecule has 3 N–H and O–H groups in total. The molecule has 0 bridgehead atoms. The van der Waals surface area contributed by atoms with Crippen LogP contribution in [0.15, 0.2) is 18.2 Å². The number of nitrogens with one attached hydrogen (secondary N) is 1. The molecule has 0 radical (unpaired) electrons. The van der Waals surface area contributed by atoms with Crippen LogP contribution in [-0.2, 0) is 11.2 Å². The van der Waals surface area contributed by atoms with Crippen molar-refractivity contribution in [3.63, 3.8) is 0 Å². The lowest BCUT2D eigenvalue weighted by Gasteiger charge is -2.15. The molecule has 1 aromatic rings. The highest BCUT2D eigenvalue weighted by Gasteiger charge is 2.13. The Hall–Kier alpha value is -1.04. The van der Waals surface area contributed by atoms with Crippen molar-refractivity contribution in [2.75, 3.05) is 13.7 Å². The quantitative estimate of drug-likeness (QED) is 0.570. The molecule has 0 heterocycles. The Morgan fingerprint density at radius 3 is 2.80 bits per heavy atom. The second-order valence-electron chi connectivity index (χ2n) is 3.24. The van der Waals surface area contributed by atoms with Crippen molar-refractivity contribution in [2.45, 2.75) is 12.5 Å². The first-order chi connectivity index (χ1) is 7.19. The lowest BCUT2D eigenvalue weighted by atomic mass is 10.1. The smallest absolute Gasteiger partial charge is 0.162 e. The van der Waals surface area contributed by atoms with Crippen molar-refractivity contribution in [1.82, 2.24) is 5.43 Å². The molecule has 0 saturated carbocycles. The van der Waals surface area contributed by atoms with Crippen LogP contribution in [0.5, 0.6) is 0 Å². The van der Waals surface area contributed by atoms with Gasteiger partial charge in [0.25, 0.3) is 0 Å². The van der Waals surface area contributed by atoms with E-state index in [-0.39, 0.29) is 18.0 Å². The Morgan fingerprint density at radius 2 is 2.20 bits per heavy atom. The summed E-state index contributed by atoms with van der Waals surface area (Å²) in [5.41, 5.74) is 2.77. The van der Waals surface area contributed by atoms with Gasteiger partial charge in [0.15, 0.2) is 11.6 Å².